The van der Waals surface area contributed by atoms with Crippen molar-refractivity contribution < 1.29 is 14.3 Å². The van der Waals surface area contributed by atoms with Crippen molar-refractivity contribution >= 4 is 39.3 Å². The second-order valence-electron chi connectivity index (χ2n) is 5.74. The molecule has 2 amide bonds. The van der Waals surface area contributed by atoms with Gasteiger partial charge in [-0.15, -0.1) is 10.2 Å². The molecule has 9 heteroatoms. The van der Waals surface area contributed by atoms with Crippen molar-refractivity contribution in [1.82, 2.24) is 19.9 Å². The molecule has 27 heavy (non-hydrogen) atoms. The maximum Gasteiger partial charge on any atom is 0.238 e. The molecule has 0 aliphatic rings. The summed E-state index contributed by atoms with van der Waals surface area (Å²) in [5.41, 5.74) is 1.54. The molecule has 0 saturated carbocycles. The molecule has 1 aromatic carbocycles. The van der Waals surface area contributed by atoms with Crippen LogP contribution in [0.1, 0.15) is 18.4 Å². The summed E-state index contributed by atoms with van der Waals surface area (Å²) in [6, 6.07) is 12.9. The van der Waals surface area contributed by atoms with Crippen LogP contribution in [-0.4, -0.2) is 33.5 Å². The Balaban J connectivity index is 1.51. The number of methoxy groups -OCH3 is 1. The number of hydrogen-bond donors (Lipinski definition) is 2. The first-order chi connectivity index (χ1) is 13.1. The second-order valence-corrected chi connectivity index (χ2v) is 6.65. The molecule has 2 N–H and O–H groups in total. The van der Waals surface area contributed by atoms with Crippen LogP contribution in [0.15, 0.2) is 46.9 Å². The monoisotopic (exact) mass is 431 g/mol. The highest BCUT2D eigenvalue weighted by Crippen LogP contribution is 2.18. The van der Waals surface area contributed by atoms with Gasteiger partial charge in [0.15, 0.2) is 5.65 Å². The van der Waals surface area contributed by atoms with Crippen molar-refractivity contribution in [2.45, 2.75) is 19.4 Å². The number of fused-ring (bicyclic) bond motifs is 1. The maximum absolute atomic E-state index is 12.2. The topological polar surface area (TPSA) is 97.6 Å². The molecule has 0 radical (unpaired) electrons. The van der Waals surface area contributed by atoms with Crippen molar-refractivity contribution in [3.05, 3.63) is 52.5 Å². The maximum atomic E-state index is 12.2. The van der Waals surface area contributed by atoms with Crippen LogP contribution in [0.3, 0.4) is 0 Å². The van der Waals surface area contributed by atoms with Crippen LogP contribution in [0, 0.1) is 0 Å². The molecule has 3 aromatic rings. The molecule has 2 aromatic heterocycles. The number of amides is 2. The molecular formula is C18H18BrN5O3. The van der Waals surface area contributed by atoms with Gasteiger partial charge in [-0.05, 0) is 29.8 Å². The number of carbonyl (C=O) groups is 2. The smallest absolute Gasteiger partial charge is 0.238 e. The Kier molecular flexibility index (Phi) is 6.02. The Morgan fingerprint density at radius 1 is 1.07 bits per heavy atom. The largest absolute Gasteiger partial charge is 0.482 e. The molecule has 140 valence electrons. The fourth-order valence-electron chi connectivity index (χ4n) is 2.46. The summed E-state index contributed by atoms with van der Waals surface area (Å²) in [6.07, 6.45) is 0.118. The van der Waals surface area contributed by atoms with Gasteiger partial charge in [0, 0.05) is 23.9 Å². The van der Waals surface area contributed by atoms with Crippen LogP contribution < -0.4 is 15.4 Å². The van der Waals surface area contributed by atoms with E-state index in [1.165, 1.54) is 7.11 Å². The molecule has 0 spiro atoms. The Hall–Kier alpha value is -2.94. The van der Waals surface area contributed by atoms with Crippen LogP contribution in [-0.2, 0) is 16.1 Å². The van der Waals surface area contributed by atoms with Gasteiger partial charge in [-0.3, -0.25) is 14.9 Å². The molecule has 0 atom stereocenters. The summed E-state index contributed by atoms with van der Waals surface area (Å²) >= 11 is 3.36. The fourth-order valence-corrected chi connectivity index (χ4v) is 2.72. The van der Waals surface area contributed by atoms with E-state index in [4.69, 9.17) is 4.74 Å². The number of carbonyl (C=O) groups excluding carboxylic acids is 2. The zero-order valence-corrected chi connectivity index (χ0v) is 16.2. The van der Waals surface area contributed by atoms with E-state index in [1.807, 2.05) is 24.3 Å². The lowest BCUT2D eigenvalue weighted by Gasteiger charge is -2.08. The average Bonchev–Trinajstić information content (AvgIpc) is 3.09. The molecule has 0 aliphatic carbocycles. The van der Waals surface area contributed by atoms with Crippen LogP contribution in [0.5, 0.6) is 5.88 Å². The first-order valence-corrected chi connectivity index (χ1v) is 9.05. The number of anilines is 1. The molecule has 3 rings (SSSR count). The third-order valence-corrected chi connectivity index (χ3v) is 4.36. The highest BCUT2D eigenvalue weighted by atomic mass is 79.9. The van der Waals surface area contributed by atoms with Gasteiger partial charge in [-0.25, -0.2) is 4.40 Å². The van der Waals surface area contributed by atoms with E-state index >= 15 is 0 Å². The van der Waals surface area contributed by atoms with Gasteiger partial charge in [0.1, 0.15) is 0 Å². The van der Waals surface area contributed by atoms with Crippen LogP contribution >= 0.6 is 15.9 Å². The second kappa shape index (κ2) is 8.63. The van der Waals surface area contributed by atoms with E-state index in [-0.39, 0.29) is 30.6 Å². The van der Waals surface area contributed by atoms with Gasteiger partial charge in [0.05, 0.1) is 7.11 Å². The zero-order chi connectivity index (χ0) is 19.2. The third kappa shape index (κ3) is 4.82. The summed E-state index contributed by atoms with van der Waals surface area (Å²) in [4.78, 5) is 24.1. The predicted octanol–water partition coefficient (Wildman–Crippen LogP) is 2.54. The number of ether oxygens (including phenoxy) is 1. The number of aromatic nitrogens is 3. The highest BCUT2D eigenvalue weighted by molar-refractivity contribution is 9.10. The molecule has 0 saturated heterocycles. The molecule has 0 aliphatic heterocycles. The van der Waals surface area contributed by atoms with E-state index in [1.54, 1.807) is 22.6 Å². The minimum atomic E-state index is -0.325. The van der Waals surface area contributed by atoms with Gasteiger partial charge in [0.2, 0.25) is 23.6 Å². The normalized spacial score (nSPS) is 10.6. The van der Waals surface area contributed by atoms with Crippen molar-refractivity contribution in [2.24, 2.45) is 0 Å². The van der Waals surface area contributed by atoms with E-state index in [0.717, 1.165) is 10.0 Å². The molecule has 0 unspecified atom stereocenters. The Morgan fingerprint density at radius 2 is 1.81 bits per heavy atom. The van der Waals surface area contributed by atoms with Gasteiger partial charge < -0.3 is 10.1 Å². The minimum Gasteiger partial charge on any atom is -0.482 e. The SMILES string of the molecule is COc1cccc2nnc(NC(=O)CCC(=O)NCc3ccc(Br)cc3)n12. The van der Waals surface area contributed by atoms with Gasteiger partial charge in [-0.2, -0.15) is 0 Å². The number of pyridine rings is 1. The average molecular weight is 432 g/mol. The van der Waals surface area contributed by atoms with Gasteiger partial charge in [0.25, 0.3) is 0 Å². The van der Waals surface area contributed by atoms with E-state index < -0.39 is 0 Å². The van der Waals surface area contributed by atoms with E-state index in [9.17, 15) is 9.59 Å². The number of hydrogen-bond acceptors (Lipinski definition) is 5. The van der Waals surface area contributed by atoms with Gasteiger partial charge >= 0.3 is 0 Å². The first kappa shape index (κ1) is 18.8. The summed E-state index contributed by atoms with van der Waals surface area (Å²) < 4.78 is 7.82. The van der Waals surface area contributed by atoms with Crippen LogP contribution in [0.2, 0.25) is 0 Å². The lowest BCUT2D eigenvalue weighted by Crippen LogP contribution is -2.24. The van der Waals surface area contributed by atoms with Crippen LogP contribution in [0.25, 0.3) is 5.65 Å². The summed E-state index contributed by atoms with van der Waals surface area (Å²) in [5.74, 6) is 0.230. The highest BCUT2D eigenvalue weighted by Gasteiger charge is 2.13. The standard InChI is InChI=1S/C18H18BrN5O3/c1-27-17-4-2-3-14-22-23-18(24(14)17)21-16(26)10-9-15(25)20-11-12-5-7-13(19)8-6-12/h2-8H,9-11H2,1H3,(H,20,25)(H,21,23,26). The summed E-state index contributed by atoms with van der Waals surface area (Å²) in [6.45, 7) is 0.416. The first-order valence-electron chi connectivity index (χ1n) is 8.26. The number of rotatable bonds is 7. The Labute approximate surface area is 164 Å². The minimum absolute atomic E-state index is 0.0379. The molecule has 0 bridgehead atoms. The lowest BCUT2D eigenvalue weighted by atomic mass is 10.2. The summed E-state index contributed by atoms with van der Waals surface area (Å²) in [5, 5.41) is 13.4. The number of nitrogens with zero attached hydrogens (tertiary/aromatic N) is 3. The van der Waals surface area contributed by atoms with Crippen molar-refractivity contribution in [2.75, 3.05) is 12.4 Å². The Bertz CT molecular complexity index is 955. The molecule has 0 fully saturated rings. The number of benzene rings is 1. The third-order valence-electron chi connectivity index (χ3n) is 3.83. The predicted molar refractivity (Wildman–Crippen MR) is 103 cm³/mol. The van der Waals surface area contributed by atoms with Crippen molar-refractivity contribution in [3.63, 3.8) is 0 Å². The molecule has 8 nitrogen and oxygen atoms in total. The number of halogens is 1. The fraction of sp³-hybridized carbons (Fsp3) is 0.222. The number of nitrogens with one attached hydrogen (secondary N) is 2. The molecular weight excluding hydrogens is 414 g/mol. The lowest BCUT2D eigenvalue weighted by molar-refractivity contribution is -0.124. The van der Waals surface area contributed by atoms with Crippen LogP contribution in [0.4, 0.5) is 5.95 Å². The van der Waals surface area contributed by atoms with E-state index in [2.05, 4.69) is 36.8 Å². The molecule has 2 heterocycles. The summed E-state index contributed by atoms with van der Waals surface area (Å²) in [7, 11) is 1.52. The van der Waals surface area contributed by atoms with Gasteiger partial charge in [-0.1, -0.05) is 34.1 Å². The zero-order valence-electron chi connectivity index (χ0n) is 14.6. The van der Waals surface area contributed by atoms with Crippen molar-refractivity contribution in [1.29, 1.82) is 0 Å². The quantitative estimate of drug-likeness (QED) is 0.598. The van der Waals surface area contributed by atoms with Crippen molar-refractivity contribution in [3.8, 4) is 5.88 Å². The Morgan fingerprint density at radius 3 is 2.56 bits per heavy atom. The van der Waals surface area contributed by atoms with E-state index in [0.29, 0.717) is 18.1 Å².